The summed E-state index contributed by atoms with van der Waals surface area (Å²) in [7, 11) is 0. The average Bonchev–Trinajstić information content (AvgIpc) is 2.49. The number of hydrogen-bond acceptors (Lipinski definition) is 5. The van der Waals surface area contributed by atoms with Crippen LogP contribution in [0.4, 0.5) is 0 Å². The molecule has 22 heavy (non-hydrogen) atoms. The minimum absolute atomic E-state index is 0.0346. The van der Waals surface area contributed by atoms with Crippen molar-refractivity contribution < 1.29 is 23.7 Å². The predicted octanol–water partition coefficient (Wildman–Crippen LogP) is 2.67. The summed E-state index contributed by atoms with van der Waals surface area (Å²) in [6, 6.07) is 0. The van der Waals surface area contributed by atoms with Gasteiger partial charge < -0.3 is 23.7 Å². The van der Waals surface area contributed by atoms with E-state index in [2.05, 4.69) is 13.8 Å². The second kappa shape index (κ2) is 13.3. The topological polar surface area (TPSA) is 46.2 Å². The van der Waals surface area contributed by atoms with Crippen LogP contribution in [0.25, 0.3) is 0 Å². The van der Waals surface area contributed by atoms with Crippen LogP contribution in [0.15, 0.2) is 0 Å². The number of unbranched alkanes of at least 4 members (excludes halogenated alkanes) is 2. The fraction of sp³-hybridized carbons (Fsp3) is 1.00. The molecule has 0 radical (unpaired) electrons. The minimum atomic E-state index is 0.0346. The Balaban J connectivity index is 1.95. The van der Waals surface area contributed by atoms with E-state index in [1.54, 1.807) is 0 Å². The molecule has 0 bridgehead atoms. The quantitative estimate of drug-likeness (QED) is 0.409. The molecule has 1 aliphatic rings. The van der Waals surface area contributed by atoms with E-state index in [0.29, 0.717) is 39.6 Å². The molecule has 0 spiro atoms. The molecule has 5 heteroatoms. The van der Waals surface area contributed by atoms with E-state index in [0.717, 1.165) is 39.3 Å². The smallest absolute Gasteiger partial charge is 0.0700 e. The van der Waals surface area contributed by atoms with Gasteiger partial charge in [0.1, 0.15) is 0 Å². The molecule has 132 valence electrons. The molecule has 0 aromatic carbocycles. The standard InChI is InChI=1S/C17H34O5/c1-3-5-7-18-9-11-20-13-17(15-22-16-17)14-21-12-10-19-8-6-4-2/h3-16H2,1-2H3. The molecule has 0 aromatic heterocycles. The predicted molar refractivity (Wildman–Crippen MR) is 86.3 cm³/mol. The molecule has 0 aliphatic carbocycles. The lowest BCUT2D eigenvalue weighted by atomic mass is 9.88. The van der Waals surface area contributed by atoms with Crippen molar-refractivity contribution in [1.82, 2.24) is 0 Å². The molecule has 0 amide bonds. The summed E-state index contributed by atoms with van der Waals surface area (Å²) in [5.41, 5.74) is 0.0346. The molecule has 1 saturated heterocycles. The zero-order chi connectivity index (χ0) is 15.9. The van der Waals surface area contributed by atoms with Crippen molar-refractivity contribution in [2.45, 2.75) is 39.5 Å². The lowest BCUT2D eigenvalue weighted by Crippen LogP contribution is -2.50. The first-order chi connectivity index (χ1) is 10.8. The van der Waals surface area contributed by atoms with Gasteiger partial charge in [-0.1, -0.05) is 26.7 Å². The van der Waals surface area contributed by atoms with Crippen LogP contribution in [0.3, 0.4) is 0 Å². The first-order valence-electron chi connectivity index (χ1n) is 8.72. The third-order valence-corrected chi connectivity index (χ3v) is 3.66. The van der Waals surface area contributed by atoms with Crippen LogP contribution >= 0.6 is 0 Å². The summed E-state index contributed by atoms with van der Waals surface area (Å²) < 4.78 is 27.7. The largest absolute Gasteiger partial charge is 0.380 e. The molecule has 0 atom stereocenters. The highest BCUT2D eigenvalue weighted by Crippen LogP contribution is 2.28. The van der Waals surface area contributed by atoms with Gasteiger partial charge in [-0.2, -0.15) is 0 Å². The van der Waals surface area contributed by atoms with E-state index in [9.17, 15) is 0 Å². The summed E-state index contributed by atoms with van der Waals surface area (Å²) in [6.45, 7) is 11.4. The Kier molecular flexibility index (Phi) is 12.0. The summed E-state index contributed by atoms with van der Waals surface area (Å²) in [4.78, 5) is 0. The highest BCUT2D eigenvalue weighted by atomic mass is 16.6. The fourth-order valence-electron chi connectivity index (χ4n) is 2.11. The molecule has 1 fully saturated rings. The average molecular weight is 318 g/mol. The molecule has 0 saturated carbocycles. The molecule has 0 unspecified atom stereocenters. The Bertz CT molecular complexity index is 223. The Labute approximate surface area is 135 Å². The third-order valence-electron chi connectivity index (χ3n) is 3.66. The SMILES string of the molecule is CCCCOCCOCC1(COCCOCCCC)COC1. The van der Waals surface area contributed by atoms with Crippen molar-refractivity contribution >= 4 is 0 Å². The van der Waals surface area contributed by atoms with Crippen LogP contribution in [0, 0.1) is 5.41 Å². The molecule has 0 N–H and O–H groups in total. The molecular formula is C17H34O5. The maximum Gasteiger partial charge on any atom is 0.0700 e. The molecule has 1 heterocycles. The minimum Gasteiger partial charge on any atom is -0.380 e. The van der Waals surface area contributed by atoms with Crippen LogP contribution in [0.2, 0.25) is 0 Å². The summed E-state index contributed by atoms with van der Waals surface area (Å²) in [5.74, 6) is 0. The summed E-state index contributed by atoms with van der Waals surface area (Å²) >= 11 is 0. The van der Waals surface area contributed by atoms with E-state index in [4.69, 9.17) is 23.7 Å². The van der Waals surface area contributed by atoms with Gasteiger partial charge in [0, 0.05) is 13.2 Å². The fourth-order valence-corrected chi connectivity index (χ4v) is 2.11. The first-order valence-corrected chi connectivity index (χ1v) is 8.72. The Morgan fingerprint density at radius 1 is 0.682 bits per heavy atom. The van der Waals surface area contributed by atoms with Gasteiger partial charge in [-0.15, -0.1) is 0 Å². The van der Waals surface area contributed by atoms with Gasteiger partial charge >= 0.3 is 0 Å². The number of ether oxygens (including phenoxy) is 5. The van der Waals surface area contributed by atoms with Crippen molar-refractivity contribution in [3.63, 3.8) is 0 Å². The van der Waals surface area contributed by atoms with Gasteiger partial charge in [0.2, 0.25) is 0 Å². The normalized spacial score (nSPS) is 16.6. The van der Waals surface area contributed by atoms with Crippen molar-refractivity contribution in [3.8, 4) is 0 Å². The molecule has 0 aromatic rings. The Morgan fingerprint density at radius 3 is 1.50 bits per heavy atom. The maximum absolute atomic E-state index is 5.72. The van der Waals surface area contributed by atoms with E-state index in [-0.39, 0.29) is 5.41 Å². The molecule has 1 rings (SSSR count). The monoisotopic (exact) mass is 318 g/mol. The van der Waals surface area contributed by atoms with Crippen LogP contribution in [-0.4, -0.2) is 66.1 Å². The van der Waals surface area contributed by atoms with E-state index >= 15 is 0 Å². The third kappa shape index (κ3) is 9.06. The zero-order valence-electron chi connectivity index (χ0n) is 14.4. The van der Waals surface area contributed by atoms with Gasteiger partial charge in [0.15, 0.2) is 0 Å². The second-order valence-corrected chi connectivity index (χ2v) is 6.03. The maximum atomic E-state index is 5.72. The van der Waals surface area contributed by atoms with Gasteiger partial charge in [0.05, 0.1) is 58.3 Å². The van der Waals surface area contributed by atoms with Crippen LogP contribution in [0.1, 0.15) is 39.5 Å². The van der Waals surface area contributed by atoms with Crippen LogP contribution < -0.4 is 0 Å². The summed E-state index contributed by atoms with van der Waals surface area (Å²) in [5, 5.41) is 0. The second-order valence-electron chi connectivity index (χ2n) is 6.03. The number of hydrogen-bond donors (Lipinski definition) is 0. The van der Waals surface area contributed by atoms with Crippen molar-refractivity contribution in [3.05, 3.63) is 0 Å². The van der Waals surface area contributed by atoms with E-state index < -0.39 is 0 Å². The highest BCUT2D eigenvalue weighted by molar-refractivity contribution is 4.85. The van der Waals surface area contributed by atoms with Crippen molar-refractivity contribution in [2.75, 3.05) is 66.1 Å². The molecule has 1 aliphatic heterocycles. The van der Waals surface area contributed by atoms with Gasteiger partial charge in [-0.3, -0.25) is 0 Å². The lowest BCUT2D eigenvalue weighted by molar-refractivity contribution is -0.181. The van der Waals surface area contributed by atoms with Crippen LogP contribution in [0.5, 0.6) is 0 Å². The van der Waals surface area contributed by atoms with Crippen LogP contribution in [-0.2, 0) is 23.7 Å². The van der Waals surface area contributed by atoms with Gasteiger partial charge in [-0.25, -0.2) is 0 Å². The number of rotatable bonds is 16. The first kappa shape index (κ1) is 19.8. The van der Waals surface area contributed by atoms with E-state index in [1.807, 2.05) is 0 Å². The highest BCUT2D eigenvalue weighted by Gasteiger charge is 2.39. The molecule has 5 nitrogen and oxygen atoms in total. The molecular weight excluding hydrogens is 284 g/mol. The lowest BCUT2D eigenvalue weighted by Gasteiger charge is -2.40. The van der Waals surface area contributed by atoms with Crippen molar-refractivity contribution in [2.24, 2.45) is 5.41 Å². The van der Waals surface area contributed by atoms with Gasteiger partial charge in [0.25, 0.3) is 0 Å². The Hall–Kier alpha value is -0.200. The Morgan fingerprint density at radius 2 is 1.14 bits per heavy atom. The zero-order valence-corrected chi connectivity index (χ0v) is 14.4. The summed E-state index contributed by atoms with van der Waals surface area (Å²) in [6.07, 6.45) is 4.57. The van der Waals surface area contributed by atoms with Crippen molar-refractivity contribution in [1.29, 1.82) is 0 Å². The van der Waals surface area contributed by atoms with E-state index in [1.165, 1.54) is 12.8 Å². The van der Waals surface area contributed by atoms with Gasteiger partial charge in [-0.05, 0) is 12.8 Å².